The minimum absolute atomic E-state index is 0. The summed E-state index contributed by atoms with van der Waals surface area (Å²) in [5.41, 5.74) is 2.41. The van der Waals surface area contributed by atoms with E-state index < -0.39 is 0 Å². The molecule has 188 valence electrons. The molecule has 2 aliphatic rings. The Balaban J connectivity index is 0.00000385. The summed E-state index contributed by atoms with van der Waals surface area (Å²) in [6.07, 6.45) is 9.03. The van der Waals surface area contributed by atoms with Gasteiger partial charge in [0.15, 0.2) is 5.96 Å². The zero-order valence-electron chi connectivity index (χ0n) is 20.5. The van der Waals surface area contributed by atoms with Gasteiger partial charge in [0.1, 0.15) is 0 Å². The molecule has 0 radical (unpaired) electrons. The van der Waals surface area contributed by atoms with Crippen molar-refractivity contribution in [3.05, 3.63) is 35.4 Å². The van der Waals surface area contributed by atoms with Crippen molar-refractivity contribution in [3.63, 3.8) is 0 Å². The van der Waals surface area contributed by atoms with Crippen LogP contribution in [0.2, 0.25) is 0 Å². The number of halogens is 1. The van der Waals surface area contributed by atoms with Gasteiger partial charge >= 0.3 is 0 Å². The lowest BCUT2D eigenvalue weighted by molar-refractivity contribution is -0.0390. The smallest absolute Gasteiger partial charge is 0.191 e. The van der Waals surface area contributed by atoms with Crippen LogP contribution in [0, 0.1) is 5.92 Å². The molecule has 33 heavy (non-hydrogen) atoms. The van der Waals surface area contributed by atoms with E-state index in [-0.39, 0.29) is 24.0 Å². The van der Waals surface area contributed by atoms with E-state index in [4.69, 9.17) is 19.2 Å². The number of guanidine groups is 1. The second-order valence-corrected chi connectivity index (χ2v) is 8.89. The van der Waals surface area contributed by atoms with Crippen molar-refractivity contribution < 1.29 is 14.2 Å². The van der Waals surface area contributed by atoms with Crippen LogP contribution in [0.25, 0.3) is 0 Å². The van der Waals surface area contributed by atoms with Crippen molar-refractivity contribution in [2.24, 2.45) is 10.9 Å². The van der Waals surface area contributed by atoms with E-state index in [1.807, 2.05) is 0 Å². The maximum Gasteiger partial charge on any atom is 0.191 e. The third-order valence-corrected chi connectivity index (χ3v) is 6.44. The number of hydrogen-bond acceptors (Lipinski definition) is 4. The van der Waals surface area contributed by atoms with Gasteiger partial charge in [0.2, 0.25) is 0 Å². The summed E-state index contributed by atoms with van der Waals surface area (Å²) in [6, 6.07) is 8.57. The molecule has 1 aliphatic heterocycles. The van der Waals surface area contributed by atoms with Crippen LogP contribution in [0.5, 0.6) is 0 Å². The van der Waals surface area contributed by atoms with E-state index in [2.05, 4.69) is 48.7 Å². The Kier molecular flexibility index (Phi) is 14.3. The third-order valence-electron chi connectivity index (χ3n) is 6.44. The highest BCUT2D eigenvalue weighted by Crippen LogP contribution is 2.30. The van der Waals surface area contributed by atoms with Gasteiger partial charge in [-0.1, -0.05) is 37.1 Å². The summed E-state index contributed by atoms with van der Waals surface area (Å²) in [5, 5.41) is 6.88. The summed E-state index contributed by atoms with van der Waals surface area (Å²) in [7, 11) is 0. The first-order valence-electron chi connectivity index (χ1n) is 12.7. The van der Waals surface area contributed by atoms with Crippen molar-refractivity contribution in [1.82, 2.24) is 10.6 Å². The zero-order valence-corrected chi connectivity index (χ0v) is 22.9. The fourth-order valence-electron chi connectivity index (χ4n) is 4.72. The molecule has 2 fully saturated rings. The molecule has 1 atom stereocenters. The van der Waals surface area contributed by atoms with Crippen LogP contribution in [-0.2, 0) is 27.4 Å². The van der Waals surface area contributed by atoms with Gasteiger partial charge in [-0.3, -0.25) is 0 Å². The molecule has 1 aromatic rings. The topological polar surface area (TPSA) is 64.1 Å². The summed E-state index contributed by atoms with van der Waals surface area (Å²) in [4.78, 5) is 4.81. The number of aliphatic imine (C=N–C) groups is 1. The lowest BCUT2D eigenvalue weighted by atomic mass is 9.98. The van der Waals surface area contributed by atoms with Crippen LogP contribution in [-0.4, -0.2) is 51.1 Å². The Morgan fingerprint density at radius 3 is 2.58 bits per heavy atom. The molecule has 3 rings (SSSR count). The first-order valence-corrected chi connectivity index (χ1v) is 12.7. The summed E-state index contributed by atoms with van der Waals surface area (Å²) < 4.78 is 17.5. The van der Waals surface area contributed by atoms with Gasteiger partial charge in [0, 0.05) is 32.9 Å². The van der Waals surface area contributed by atoms with E-state index >= 15 is 0 Å². The SMILES string of the molecule is CCNC(=NCc1cccc(COC2CCOCC2)c1)NCCC(OCC)C1CCCC1.I. The van der Waals surface area contributed by atoms with Crippen LogP contribution in [0.4, 0.5) is 0 Å². The average Bonchev–Trinajstić information content (AvgIpc) is 3.36. The van der Waals surface area contributed by atoms with Crippen LogP contribution >= 0.6 is 24.0 Å². The molecular weight excluding hydrogens is 529 g/mol. The predicted octanol–water partition coefficient (Wildman–Crippen LogP) is 5.04. The molecule has 1 heterocycles. The highest BCUT2D eigenvalue weighted by atomic mass is 127. The molecule has 0 bridgehead atoms. The van der Waals surface area contributed by atoms with Gasteiger partial charge in [-0.15, -0.1) is 24.0 Å². The van der Waals surface area contributed by atoms with Gasteiger partial charge in [0.25, 0.3) is 0 Å². The maximum absolute atomic E-state index is 6.07. The molecule has 0 amide bonds. The van der Waals surface area contributed by atoms with Crippen LogP contribution in [0.3, 0.4) is 0 Å². The van der Waals surface area contributed by atoms with Crippen LogP contribution in [0.15, 0.2) is 29.3 Å². The Hall–Kier alpha value is -0.900. The molecule has 1 aliphatic carbocycles. The fourth-order valence-corrected chi connectivity index (χ4v) is 4.72. The Morgan fingerprint density at radius 1 is 1.09 bits per heavy atom. The highest BCUT2D eigenvalue weighted by Gasteiger charge is 2.25. The van der Waals surface area contributed by atoms with Crippen molar-refractivity contribution in [2.75, 3.05) is 32.9 Å². The van der Waals surface area contributed by atoms with Gasteiger partial charge in [-0.25, -0.2) is 4.99 Å². The van der Waals surface area contributed by atoms with E-state index in [0.29, 0.717) is 25.4 Å². The van der Waals surface area contributed by atoms with E-state index in [0.717, 1.165) is 64.1 Å². The van der Waals surface area contributed by atoms with Crippen molar-refractivity contribution in [1.29, 1.82) is 0 Å². The molecular formula is C26H44IN3O3. The Bertz CT molecular complexity index is 677. The molecule has 6 nitrogen and oxygen atoms in total. The first-order chi connectivity index (χ1) is 15.8. The average molecular weight is 574 g/mol. The molecule has 1 unspecified atom stereocenters. The molecule has 1 aromatic carbocycles. The third kappa shape index (κ3) is 10.5. The number of hydrogen-bond donors (Lipinski definition) is 2. The minimum atomic E-state index is 0. The van der Waals surface area contributed by atoms with Gasteiger partial charge in [-0.05, 0) is 63.0 Å². The van der Waals surface area contributed by atoms with Crippen LogP contribution < -0.4 is 10.6 Å². The number of benzene rings is 1. The lowest BCUT2D eigenvalue weighted by Crippen LogP contribution is -2.39. The van der Waals surface area contributed by atoms with Crippen molar-refractivity contribution in [3.8, 4) is 0 Å². The Labute approximate surface area is 217 Å². The molecule has 7 heteroatoms. The van der Waals surface area contributed by atoms with Gasteiger partial charge in [0.05, 0.1) is 25.4 Å². The normalized spacial score (nSPS) is 18.7. The molecule has 0 aromatic heterocycles. The summed E-state index contributed by atoms with van der Waals surface area (Å²) >= 11 is 0. The van der Waals surface area contributed by atoms with Crippen LogP contribution in [0.1, 0.15) is 69.9 Å². The second kappa shape index (κ2) is 16.7. The number of nitrogens with zero attached hydrogens (tertiary/aromatic N) is 1. The summed E-state index contributed by atoms with van der Waals surface area (Å²) in [6.45, 7) is 9.66. The zero-order chi connectivity index (χ0) is 22.4. The lowest BCUT2D eigenvalue weighted by Gasteiger charge is -2.24. The van der Waals surface area contributed by atoms with E-state index in [9.17, 15) is 0 Å². The largest absolute Gasteiger partial charge is 0.381 e. The predicted molar refractivity (Wildman–Crippen MR) is 145 cm³/mol. The fraction of sp³-hybridized carbons (Fsp3) is 0.731. The Morgan fingerprint density at radius 2 is 1.85 bits per heavy atom. The van der Waals surface area contributed by atoms with Gasteiger partial charge < -0.3 is 24.8 Å². The van der Waals surface area contributed by atoms with Gasteiger partial charge in [-0.2, -0.15) is 0 Å². The molecule has 1 saturated carbocycles. The molecule has 1 saturated heterocycles. The minimum Gasteiger partial charge on any atom is -0.381 e. The molecule has 2 N–H and O–H groups in total. The van der Waals surface area contributed by atoms with Crippen molar-refractivity contribution in [2.45, 2.75) is 84.2 Å². The second-order valence-electron chi connectivity index (χ2n) is 8.89. The number of rotatable bonds is 12. The van der Waals surface area contributed by atoms with E-state index in [1.165, 1.54) is 36.8 Å². The monoisotopic (exact) mass is 573 g/mol. The van der Waals surface area contributed by atoms with E-state index in [1.54, 1.807) is 0 Å². The van der Waals surface area contributed by atoms with Crippen molar-refractivity contribution >= 4 is 29.9 Å². The molecule has 0 spiro atoms. The summed E-state index contributed by atoms with van der Waals surface area (Å²) in [5.74, 6) is 1.60. The standard InChI is InChI=1S/C26H43N3O3.HI/c1-3-27-26(28-15-12-25(31-4-2)23-10-5-6-11-23)29-19-21-8-7-9-22(18-21)20-32-24-13-16-30-17-14-24;/h7-9,18,23-25H,3-6,10-17,19-20H2,1-2H3,(H2,27,28,29);1H. The highest BCUT2D eigenvalue weighted by molar-refractivity contribution is 14.0. The number of ether oxygens (including phenoxy) is 3. The first kappa shape index (κ1) is 28.3. The number of nitrogens with one attached hydrogen (secondary N) is 2. The quantitative estimate of drug-likeness (QED) is 0.209. The maximum atomic E-state index is 6.07.